The third-order valence-electron chi connectivity index (χ3n) is 3.52. The van der Waals surface area contributed by atoms with Gasteiger partial charge in [-0.1, -0.05) is 18.2 Å². The van der Waals surface area contributed by atoms with Gasteiger partial charge in [0, 0.05) is 23.3 Å². The number of benzene rings is 2. The SMILES string of the molecule is COc1ccc(C[n+]2ccccc2-c2ccccc2)cc1.[Br-]. The number of nitrogens with zero attached hydrogens (tertiary/aromatic N) is 1. The molecule has 3 aromatic rings. The molecule has 0 amide bonds. The average molecular weight is 356 g/mol. The zero-order valence-electron chi connectivity index (χ0n) is 12.4. The van der Waals surface area contributed by atoms with Gasteiger partial charge >= 0.3 is 0 Å². The van der Waals surface area contributed by atoms with Crippen molar-refractivity contribution in [1.29, 1.82) is 0 Å². The molecule has 0 radical (unpaired) electrons. The van der Waals surface area contributed by atoms with Crippen molar-refractivity contribution in [2.45, 2.75) is 6.54 Å². The first-order valence-corrected chi connectivity index (χ1v) is 7.03. The monoisotopic (exact) mass is 355 g/mol. The fourth-order valence-corrected chi connectivity index (χ4v) is 2.41. The molecular formula is C19H18BrNO. The molecule has 0 aliphatic heterocycles. The largest absolute Gasteiger partial charge is 1.00 e. The number of methoxy groups -OCH3 is 1. The van der Waals surface area contributed by atoms with Crippen molar-refractivity contribution in [3.05, 3.63) is 84.6 Å². The lowest BCUT2D eigenvalue weighted by atomic mass is 10.1. The molecule has 0 atom stereocenters. The molecular weight excluding hydrogens is 338 g/mol. The molecule has 0 aliphatic carbocycles. The number of halogens is 1. The van der Waals surface area contributed by atoms with Crippen molar-refractivity contribution in [2.24, 2.45) is 0 Å². The van der Waals surface area contributed by atoms with E-state index in [1.54, 1.807) is 7.11 Å². The minimum Gasteiger partial charge on any atom is -1.00 e. The molecule has 112 valence electrons. The van der Waals surface area contributed by atoms with Crippen LogP contribution < -0.4 is 26.3 Å². The van der Waals surface area contributed by atoms with Crippen LogP contribution in [0.25, 0.3) is 11.3 Å². The lowest BCUT2D eigenvalue weighted by Crippen LogP contribution is -3.00. The zero-order valence-corrected chi connectivity index (χ0v) is 14.0. The fraction of sp³-hybridized carbons (Fsp3) is 0.105. The maximum atomic E-state index is 5.21. The van der Waals surface area contributed by atoms with Crippen LogP contribution in [0.2, 0.25) is 0 Å². The zero-order chi connectivity index (χ0) is 14.5. The summed E-state index contributed by atoms with van der Waals surface area (Å²) in [4.78, 5) is 0. The molecule has 3 rings (SSSR count). The van der Waals surface area contributed by atoms with E-state index in [0.717, 1.165) is 12.3 Å². The predicted molar refractivity (Wildman–Crippen MR) is 84.2 cm³/mol. The van der Waals surface area contributed by atoms with E-state index in [2.05, 4.69) is 65.4 Å². The number of hydrogen-bond donors (Lipinski definition) is 0. The molecule has 2 nitrogen and oxygen atoms in total. The molecule has 3 heteroatoms. The summed E-state index contributed by atoms with van der Waals surface area (Å²) in [6.07, 6.45) is 2.12. The Labute approximate surface area is 141 Å². The molecule has 0 saturated carbocycles. The van der Waals surface area contributed by atoms with Gasteiger partial charge in [0.15, 0.2) is 12.7 Å². The summed E-state index contributed by atoms with van der Waals surface area (Å²) in [7, 11) is 1.69. The van der Waals surface area contributed by atoms with Gasteiger partial charge in [-0.15, -0.1) is 0 Å². The minimum atomic E-state index is 0. The van der Waals surface area contributed by atoms with Crippen LogP contribution in [0, 0.1) is 0 Å². The number of ether oxygens (including phenoxy) is 1. The van der Waals surface area contributed by atoms with E-state index in [1.807, 2.05) is 18.2 Å². The van der Waals surface area contributed by atoms with E-state index in [9.17, 15) is 0 Å². The molecule has 1 aromatic heterocycles. The highest BCUT2D eigenvalue weighted by Gasteiger charge is 2.12. The van der Waals surface area contributed by atoms with Crippen molar-refractivity contribution >= 4 is 0 Å². The molecule has 22 heavy (non-hydrogen) atoms. The van der Waals surface area contributed by atoms with Crippen molar-refractivity contribution in [1.82, 2.24) is 0 Å². The van der Waals surface area contributed by atoms with Crippen molar-refractivity contribution < 1.29 is 26.3 Å². The van der Waals surface area contributed by atoms with Gasteiger partial charge in [0.05, 0.1) is 7.11 Å². The van der Waals surface area contributed by atoms with Crippen molar-refractivity contribution in [2.75, 3.05) is 7.11 Å². The van der Waals surface area contributed by atoms with Gasteiger partial charge < -0.3 is 21.7 Å². The Hall–Kier alpha value is -2.13. The third kappa shape index (κ3) is 3.74. The molecule has 0 unspecified atom stereocenters. The molecule has 0 N–H and O–H groups in total. The summed E-state index contributed by atoms with van der Waals surface area (Å²) in [5, 5.41) is 0. The van der Waals surface area contributed by atoms with Crippen LogP contribution in [0.3, 0.4) is 0 Å². The van der Waals surface area contributed by atoms with Gasteiger partial charge in [0.25, 0.3) is 0 Å². The number of pyridine rings is 1. The van der Waals surface area contributed by atoms with Crippen LogP contribution in [0.1, 0.15) is 5.56 Å². The highest BCUT2D eigenvalue weighted by molar-refractivity contribution is 5.55. The lowest BCUT2D eigenvalue weighted by molar-refractivity contribution is -0.677. The van der Waals surface area contributed by atoms with Gasteiger partial charge in [-0.2, -0.15) is 4.57 Å². The van der Waals surface area contributed by atoms with Crippen LogP contribution in [-0.4, -0.2) is 7.11 Å². The number of hydrogen-bond acceptors (Lipinski definition) is 1. The van der Waals surface area contributed by atoms with Crippen molar-refractivity contribution in [3.63, 3.8) is 0 Å². The Morgan fingerprint density at radius 2 is 1.50 bits per heavy atom. The Balaban J connectivity index is 0.00000176. The second-order valence-corrected chi connectivity index (χ2v) is 4.93. The van der Waals surface area contributed by atoms with E-state index in [4.69, 9.17) is 4.74 Å². The second kappa shape index (κ2) is 7.76. The van der Waals surface area contributed by atoms with E-state index < -0.39 is 0 Å². The maximum absolute atomic E-state index is 5.21. The number of aromatic nitrogens is 1. The van der Waals surface area contributed by atoms with Gasteiger partial charge in [-0.25, -0.2) is 0 Å². The Morgan fingerprint density at radius 1 is 0.818 bits per heavy atom. The van der Waals surface area contributed by atoms with Crippen molar-refractivity contribution in [3.8, 4) is 17.0 Å². The summed E-state index contributed by atoms with van der Waals surface area (Å²) in [6, 6.07) is 25.0. The van der Waals surface area contributed by atoms with Crippen LogP contribution in [-0.2, 0) is 6.54 Å². The highest BCUT2D eigenvalue weighted by Crippen LogP contribution is 2.15. The Morgan fingerprint density at radius 3 is 2.18 bits per heavy atom. The Kier molecular flexibility index (Phi) is 5.73. The number of rotatable bonds is 4. The highest BCUT2D eigenvalue weighted by atomic mass is 79.9. The van der Waals surface area contributed by atoms with E-state index in [0.29, 0.717) is 0 Å². The Bertz CT molecular complexity index is 711. The summed E-state index contributed by atoms with van der Waals surface area (Å²) < 4.78 is 7.47. The van der Waals surface area contributed by atoms with E-state index >= 15 is 0 Å². The molecule has 0 spiro atoms. The molecule has 1 heterocycles. The lowest BCUT2D eigenvalue weighted by Gasteiger charge is -2.05. The minimum absolute atomic E-state index is 0. The summed E-state index contributed by atoms with van der Waals surface area (Å²) in [5.74, 6) is 0.889. The van der Waals surface area contributed by atoms with Gasteiger partial charge in [-0.05, 0) is 42.5 Å². The average Bonchev–Trinajstić information content (AvgIpc) is 2.57. The standard InChI is InChI=1S/C19H18NO.BrH/c1-21-18-12-10-16(11-13-18)15-20-14-6-5-9-19(20)17-7-3-2-4-8-17;/h2-14H,15H2,1H3;1H/q+1;/p-1. The maximum Gasteiger partial charge on any atom is 0.212 e. The van der Waals surface area contributed by atoms with Crippen LogP contribution in [0.15, 0.2) is 79.0 Å². The molecule has 2 aromatic carbocycles. The normalized spacial score (nSPS) is 9.86. The van der Waals surface area contributed by atoms with E-state index in [-0.39, 0.29) is 17.0 Å². The van der Waals surface area contributed by atoms with E-state index in [1.165, 1.54) is 16.8 Å². The first-order chi connectivity index (χ1) is 10.4. The quantitative estimate of drug-likeness (QED) is 0.628. The van der Waals surface area contributed by atoms with Gasteiger partial charge in [0.1, 0.15) is 5.75 Å². The van der Waals surface area contributed by atoms with Crippen LogP contribution >= 0.6 is 0 Å². The van der Waals surface area contributed by atoms with Gasteiger partial charge in [0.2, 0.25) is 5.69 Å². The van der Waals surface area contributed by atoms with Crippen LogP contribution in [0.5, 0.6) is 5.75 Å². The summed E-state index contributed by atoms with van der Waals surface area (Å²) >= 11 is 0. The first kappa shape index (κ1) is 16.2. The second-order valence-electron chi connectivity index (χ2n) is 4.93. The molecule has 0 bridgehead atoms. The summed E-state index contributed by atoms with van der Waals surface area (Å²) in [5.41, 5.74) is 3.70. The first-order valence-electron chi connectivity index (χ1n) is 7.03. The van der Waals surface area contributed by atoms with Crippen LogP contribution in [0.4, 0.5) is 0 Å². The fourth-order valence-electron chi connectivity index (χ4n) is 2.41. The summed E-state index contributed by atoms with van der Waals surface area (Å²) in [6.45, 7) is 0.842. The molecule has 0 aliphatic rings. The smallest absolute Gasteiger partial charge is 0.212 e. The van der Waals surface area contributed by atoms with Gasteiger partial charge in [-0.3, -0.25) is 0 Å². The topological polar surface area (TPSA) is 13.1 Å². The molecule has 0 fully saturated rings. The predicted octanol–water partition coefficient (Wildman–Crippen LogP) is 0.702. The molecule has 0 saturated heterocycles. The third-order valence-corrected chi connectivity index (χ3v) is 3.52.